The van der Waals surface area contributed by atoms with E-state index in [-0.39, 0.29) is 53.7 Å². The molecule has 0 radical (unpaired) electrons. The van der Waals surface area contributed by atoms with Crippen LogP contribution in [-0.4, -0.2) is 160 Å². The second-order valence-corrected chi connectivity index (χ2v) is 17.5. The number of hydrogen-bond acceptors (Lipinski definition) is 11. The fourth-order valence-electron chi connectivity index (χ4n) is 8.45. The van der Waals surface area contributed by atoms with E-state index in [0.717, 1.165) is 6.54 Å². The van der Waals surface area contributed by atoms with Gasteiger partial charge in [0, 0.05) is 63.6 Å². The molecule has 3 rings (SSSR count). The molecule has 0 aromatic heterocycles. The topological polar surface area (TPSA) is 121 Å². The van der Waals surface area contributed by atoms with Gasteiger partial charge in [0.25, 0.3) is 0 Å². The molecule has 0 aromatic carbocycles. The highest BCUT2D eigenvalue weighted by molar-refractivity contribution is 6.04. The Hall–Kier alpha value is -1.67. The molecular formula is C37H68N4O8. The zero-order valence-electron chi connectivity index (χ0n) is 32.9. The zero-order chi connectivity index (χ0) is 37.2. The van der Waals surface area contributed by atoms with E-state index in [9.17, 15) is 19.5 Å². The second-order valence-electron chi connectivity index (χ2n) is 17.5. The Morgan fingerprint density at radius 1 is 1.06 bits per heavy atom. The Labute approximate surface area is 296 Å². The summed E-state index contributed by atoms with van der Waals surface area (Å²) in [5, 5.41) is 11.3. The van der Waals surface area contributed by atoms with Crippen LogP contribution in [0.4, 0.5) is 0 Å². The molecule has 284 valence electrons. The van der Waals surface area contributed by atoms with Crippen LogP contribution in [0.2, 0.25) is 0 Å². The van der Waals surface area contributed by atoms with Crippen LogP contribution in [0.15, 0.2) is 0 Å². The normalized spacial score (nSPS) is 36.1. The molecular weight excluding hydrogens is 628 g/mol. The zero-order valence-corrected chi connectivity index (χ0v) is 32.9. The number of rotatable bonds is 9. The summed E-state index contributed by atoms with van der Waals surface area (Å²) in [5.41, 5.74) is -2.57. The lowest BCUT2D eigenvalue weighted by Gasteiger charge is -2.48. The van der Waals surface area contributed by atoms with Crippen LogP contribution in [0.5, 0.6) is 0 Å². The van der Waals surface area contributed by atoms with Crippen LogP contribution >= 0.6 is 0 Å². The molecule has 0 aromatic rings. The molecule has 0 bridgehead atoms. The molecule has 3 saturated heterocycles. The van der Waals surface area contributed by atoms with Crippen LogP contribution in [0.1, 0.15) is 74.7 Å². The number of amides is 1. The third kappa shape index (κ3) is 10.0. The summed E-state index contributed by atoms with van der Waals surface area (Å²) in [4.78, 5) is 49.4. The standard InChI is InChI=1S/C37H68N4O8/c1-23-16-37(8,46-14)32(49-33-30(43)27(39(11)12)15-24(2)48-33)25(3)31(44)36(6,7)34(45)47-21-28(40(13)18-23)26-19-41(20-26)29(42)17-35(4,5)22-38(9)10/h23-28,30,32-33,43H,15-22H2,1-14H3/t23-,24-,25+,27+,28?,30-,32-,33+,37-/m1/s1. The highest BCUT2D eigenvalue weighted by atomic mass is 16.7. The number of hydrogen-bond donors (Lipinski definition) is 1. The van der Waals surface area contributed by atoms with Gasteiger partial charge in [-0.3, -0.25) is 19.3 Å². The van der Waals surface area contributed by atoms with Gasteiger partial charge in [0.05, 0.1) is 17.8 Å². The predicted molar refractivity (Wildman–Crippen MR) is 189 cm³/mol. The first-order valence-corrected chi connectivity index (χ1v) is 18.1. The summed E-state index contributed by atoms with van der Waals surface area (Å²) in [5.74, 6) is -1.36. The minimum absolute atomic E-state index is 0.0885. The minimum atomic E-state index is -1.47. The van der Waals surface area contributed by atoms with Crippen molar-refractivity contribution in [3.05, 3.63) is 0 Å². The van der Waals surface area contributed by atoms with E-state index in [4.69, 9.17) is 18.9 Å². The quantitative estimate of drug-likeness (QED) is 0.283. The monoisotopic (exact) mass is 697 g/mol. The number of carbonyl (C=O) groups is 3. The molecule has 3 fully saturated rings. The van der Waals surface area contributed by atoms with Crippen molar-refractivity contribution in [2.45, 2.75) is 117 Å². The summed E-state index contributed by atoms with van der Waals surface area (Å²) in [6.07, 6.45) is -1.30. The van der Waals surface area contributed by atoms with E-state index in [1.807, 2.05) is 58.9 Å². The Bertz CT molecular complexity index is 1140. The van der Waals surface area contributed by atoms with E-state index in [2.05, 4.69) is 30.6 Å². The third-order valence-corrected chi connectivity index (χ3v) is 11.1. The minimum Gasteiger partial charge on any atom is -0.463 e. The van der Waals surface area contributed by atoms with Gasteiger partial charge in [0.15, 0.2) is 12.1 Å². The van der Waals surface area contributed by atoms with E-state index in [0.29, 0.717) is 38.9 Å². The SMILES string of the molecule is CO[C@]1(C)C[C@@H](C)CN(C)C(C2CN(C(=O)CC(C)(C)CN(C)C)C2)COC(=O)C(C)(C)C(=O)[C@H](C)[C@H]1O[C@@H]1O[C@H](C)C[C@H](N(C)C)[C@H]1O. The van der Waals surface area contributed by atoms with E-state index in [1.54, 1.807) is 27.9 Å². The number of aliphatic hydroxyl groups is 1. The third-order valence-electron chi connectivity index (χ3n) is 11.1. The molecule has 3 aliphatic rings. The molecule has 1 amide bonds. The smallest absolute Gasteiger partial charge is 0.319 e. The Kier molecular flexibility index (Phi) is 13.9. The number of esters is 1. The number of likely N-dealkylation sites (N-methyl/N-ethyl adjacent to an activating group) is 2. The lowest BCUT2D eigenvalue weighted by molar-refractivity contribution is -0.295. The summed E-state index contributed by atoms with van der Waals surface area (Å²) in [6, 6.07) is -0.327. The van der Waals surface area contributed by atoms with Gasteiger partial charge in [-0.1, -0.05) is 27.7 Å². The predicted octanol–water partition coefficient (Wildman–Crippen LogP) is 2.75. The molecule has 0 spiro atoms. The molecule has 1 N–H and O–H groups in total. The summed E-state index contributed by atoms with van der Waals surface area (Å²) >= 11 is 0. The number of ether oxygens (including phenoxy) is 4. The number of aliphatic hydroxyl groups excluding tert-OH is 1. The van der Waals surface area contributed by atoms with Crippen LogP contribution in [0.25, 0.3) is 0 Å². The van der Waals surface area contributed by atoms with Crippen molar-refractivity contribution < 1.29 is 38.4 Å². The molecule has 3 heterocycles. The average molecular weight is 697 g/mol. The number of methoxy groups -OCH3 is 1. The van der Waals surface area contributed by atoms with Crippen molar-refractivity contribution in [1.29, 1.82) is 0 Å². The van der Waals surface area contributed by atoms with Crippen LogP contribution in [0, 0.1) is 28.6 Å². The maximum atomic E-state index is 14.3. The van der Waals surface area contributed by atoms with Crippen molar-refractivity contribution in [3.8, 4) is 0 Å². The van der Waals surface area contributed by atoms with Crippen molar-refractivity contribution >= 4 is 17.7 Å². The van der Waals surface area contributed by atoms with Crippen molar-refractivity contribution in [2.75, 3.05) is 75.1 Å². The Balaban J connectivity index is 1.88. The maximum Gasteiger partial charge on any atom is 0.319 e. The molecule has 12 heteroatoms. The van der Waals surface area contributed by atoms with Crippen LogP contribution < -0.4 is 0 Å². The molecule has 12 nitrogen and oxygen atoms in total. The van der Waals surface area contributed by atoms with Crippen molar-refractivity contribution in [3.63, 3.8) is 0 Å². The maximum absolute atomic E-state index is 14.3. The Morgan fingerprint density at radius 2 is 1.67 bits per heavy atom. The van der Waals surface area contributed by atoms with Crippen molar-refractivity contribution in [1.82, 2.24) is 19.6 Å². The first-order chi connectivity index (χ1) is 22.5. The fraction of sp³-hybridized carbons (Fsp3) is 0.919. The van der Waals surface area contributed by atoms with Gasteiger partial charge in [0.2, 0.25) is 5.91 Å². The number of carbonyl (C=O) groups excluding carboxylic acids is 3. The molecule has 1 unspecified atom stereocenters. The number of likely N-dealkylation sites (tertiary alicyclic amines) is 1. The fourth-order valence-corrected chi connectivity index (χ4v) is 8.45. The van der Waals surface area contributed by atoms with Gasteiger partial charge in [-0.05, 0) is 87.1 Å². The number of nitrogens with zero attached hydrogens (tertiary/aromatic N) is 4. The number of cyclic esters (lactones) is 1. The van der Waals surface area contributed by atoms with Gasteiger partial charge in [-0.25, -0.2) is 0 Å². The largest absolute Gasteiger partial charge is 0.463 e. The van der Waals surface area contributed by atoms with Gasteiger partial charge in [-0.15, -0.1) is 0 Å². The molecule has 9 atom stereocenters. The first-order valence-electron chi connectivity index (χ1n) is 18.1. The highest BCUT2D eigenvalue weighted by Crippen LogP contribution is 2.39. The Morgan fingerprint density at radius 3 is 2.22 bits per heavy atom. The molecule has 0 aliphatic carbocycles. The van der Waals surface area contributed by atoms with E-state index in [1.165, 1.54) is 0 Å². The second kappa shape index (κ2) is 16.3. The lowest BCUT2D eigenvalue weighted by atomic mass is 9.74. The number of Topliss-reactive ketones (excluding diaryl/α,β-unsaturated/α-hetero) is 1. The average Bonchev–Trinajstić information content (AvgIpc) is 2.95. The summed E-state index contributed by atoms with van der Waals surface area (Å²) < 4.78 is 25.0. The molecule has 3 aliphatic heterocycles. The van der Waals surface area contributed by atoms with Gasteiger partial charge >= 0.3 is 5.97 Å². The summed E-state index contributed by atoms with van der Waals surface area (Å²) in [7, 11) is 11.5. The van der Waals surface area contributed by atoms with Crippen molar-refractivity contribution in [2.24, 2.45) is 28.6 Å². The van der Waals surface area contributed by atoms with Gasteiger partial charge < -0.3 is 38.8 Å². The highest BCUT2D eigenvalue weighted by Gasteiger charge is 2.52. The van der Waals surface area contributed by atoms with Crippen LogP contribution in [0.3, 0.4) is 0 Å². The van der Waals surface area contributed by atoms with E-state index >= 15 is 0 Å². The molecule has 0 saturated carbocycles. The molecule has 49 heavy (non-hydrogen) atoms. The van der Waals surface area contributed by atoms with Crippen LogP contribution in [-0.2, 0) is 33.3 Å². The van der Waals surface area contributed by atoms with Gasteiger partial charge in [-0.2, -0.15) is 0 Å². The lowest BCUT2D eigenvalue weighted by Crippen LogP contribution is -2.60. The first kappa shape index (κ1) is 41.7. The summed E-state index contributed by atoms with van der Waals surface area (Å²) in [6.45, 7) is 18.0. The number of ketones is 1. The van der Waals surface area contributed by atoms with E-state index < -0.39 is 41.4 Å². The van der Waals surface area contributed by atoms with Gasteiger partial charge in [0.1, 0.15) is 18.1 Å².